The normalized spacial score (nSPS) is 21.8. The molecule has 2 heterocycles. The lowest BCUT2D eigenvalue weighted by atomic mass is 9.97. The van der Waals surface area contributed by atoms with Crippen LogP contribution in [-0.4, -0.2) is 94.9 Å². The summed E-state index contributed by atoms with van der Waals surface area (Å²) >= 11 is 0. The van der Waals surface area contributed by atoms with Crippen LogP contribution in [0.3, 0.4) is 0 Å². The third kappa shape index (κ3) is 7.50. The average molecular weight is 418 g/mol. The van der Waals surface area contributed by atoms with E-state index in [1.54, 1.807) is 18.3 Å². The van der Waals surface area contributed by atoms with Crippen LogP contribution in [-0.2, 0) is 14.8 Å². The molecule has 0 aromatic carbocycles. The molecule has 0 atom stereocenters. The Morgan fingerprint density at radius 2 is 1.79 bits per heavy atom. The molecule has 2 rings (SSSR count). The van der Waals surface area contributed by atoms with Crippen molar-refractivity contribution in [3.05, 3.63) is 0 Å². The number of rotatable bonds is 9. The second-order valence-electron chi connectivity index (χ2n) is 7.72. The molecule has 2 N–H and O–H groups in total. The summed E-state index contributed by atoms with van der Waals surface area (Å²) in [6, 6.07) is 0.275. The van der Waals surface area contributed by atoms with E-state index in [1.165, 1.54) is 12.8 Å². The van der Waals surface area contributed by atoms with Crippen molar-refractivity contribution < 1.29 is 13.2 Å². The standard InChI is InChI=1S/C19H39N5O3S/c1-4-20-19(21-16-17-6-10-23(11-7-17)14-15-27-3)22-18-8-12-24(13-9-18)28(25,26)5-2/h17-18H,4-16H2,1-3H3,(H2,20,21,22). The fourth-order valence-corrected chi connectivity index (χ4v) is 4.94. The Bertz CT molecular complexity index is 568. The van der Waals surface area contributed by atoms with Gasteiger partial charge in [0.2, 0.25) is 10.0 Å². The van der Waals surface area contributed by atoms with E-state index in [0.29, 0.717) is 19.0 Å². The number of hydrogen-bond acceptors (Lipinski definition) is 5. The van der Waals surface area contributed by atoms with E-state index < -0.39 is 10.0 Å². The maximum Gasteiger partial charge on any atom is 0.213 e. The minimum absolute atomic E-state index is 0.180. The van der Waals surface area contributed by atoms with Crippen LogP contribution >= 0.6 is 0 Å². The first-order valence-electron chi connectivity index (χ1n) is 10.7. The molecular weight excluding hydrogens is 378 g/mol. The van der Waals surface area contributed by atoms with Gasteiger partial charge in [0, 0.05) is 45.9 Å². The molecule has 0 unspecified atom stereocenters. The molecule has 2 aliphatic heterocycles. The Morgan fingerprint density at radius 3 is 2.36 bits per heavy atom. The van der Waals surface area contributed by atoms with Crippen LogP contribution in [0.4, 0.5) is 0 Å². The molecule has 0 radical (unpaired) electrons. The zero-order valence-corrected chi connectivity index (χ0v) is 18.6. The molecule has 28 heavy (non-hydrogen) atoms. The van der Waals surface area contributed by atoms with Gasteiger partial charge in [0.1, 0.15) is 0 Å². The van der Waals surface area contributed by atoms with Gasteiger partial charge in [0.15, 0.2) is 5.96 Å². The molecular formula is C19H39N5O3S. The number of sulfonamides is 1. The first-order chi connectivity index (χ1) is 13.5. The summed E-state index contributed by atoms with van der Waals surface area (Å²) < 4.78 is 30.8. The van der Waals surface area contributed by atoms with E-state index in [2.05, 4.69) is 22.5 Å². The fraction of sp³-hybridized carbons (Fsp3) is 0.947. The van der Waals surface area contributed by atoms with Gasteiger partial charge in [-0.15, -0.1) is 0 Å². The van der Waals surface area contributed by atoms with Crippen molar-refractivity contribution in [3.63, 3.8) is 0 Å². The molecule has 0 amide bonds. The van der Waals surface area contributed by atoms with Crippen LogP contribution in [0.15, 0.2) is 4.99 Å². The second-order valence-corrected chi connectivity index (χ2v) is 9.97. The van der Waals surface area contributed by atoms with Crippen molar-refractivity contribution in [2.75, 3.05) is 65.3 Å². The second kappa shape index (κ2) is 11.9. The van der Waals surface area contributed by atoms with Gasteiger partial charge >= 0.3 is 0 Å². The number of methoxy groups -OCH3 is 1. The first-order valence-corrected chi connectivity index (χ1v) is 12.3. The first kappa shape index (κ1) is 23.4. The highest BCUT2D eigenvalue weighted by molar-refractivity contribution is 7.89. The quantitative estimate of drug-likeness (QED) is 0.425. The van der Waals surface area contributed by atoms with Crippen molar-refractivity contribution in [1.82, 2.24) is 19.8 Å². The SMILES string of the molecule is CCNC(=NCC1CCN(CCOC)CC1)NC1CCN(S(=O)(=O)CC)CC1. The van der Waals surface area contributed by atoms with Crippen LogP contribution in [0.2, 0.25) is 0 Å². The number of ether oxygens (including phenoxy) is 1. The maximum absolute atomic E-state index is 12.0. The Morgan fingerprint density at radius 1 is 1.11 bits per heavy atom. The molecule has 2 saturated heterocycles. The molecule has 0 aromatic rings. The maximum atomic E-state index is 12.0. The van der Waals surface area contributed by atoms with E-state index >= 15 is 0 Å². The van der Waals surface area contributed by atoms with E-state index in [-0.39, 0.29) is 11.8 Å². The van der Waals surface area contributed by atoms with Gasteiger partial charge in [-0.3, -0.25) is 4.99 Å². The lowest BCUT2D eigenvalue weighted by molar-refractivity contribution is 0.121. The van der Waals surface area contributed by atoms with Crippen LogP contribution in [0.25, 0.3) is 0 Å². The Hall–Kier alpha value is -0.900. The van der Waals surface area contributed by atoms with E-state index in [9.17, 15) is 8.42 Å². The highest BCUT2D eigenvalue weighted by atomic mass is 32.2. The number of nitrogens with one attached hydrogen (secondary N) is 2. The number of nitrogens with zero attached hydrogens (tertiary/aromatic N) is 3. The summed E-state index contributed by atoms with van der Waals surface area (Å²) in [7, 11) is -1.32. The lowest BCUT2D eigenvalue weighted by Crippen LogP contribution is -2.50. The van der Waals surface area contributed by atoms with Crippen molar-refractivity contribution >= 4 is 16.0 Å². The number of piperidine rings is 2. The van der Waals surface area contributed by atoms with Crippen LogP contribution in [0.5, 0.6) is 0 Å². The zero-order chi connectivity index (χ0) is 20.4. The average Bonchev–Trinajstić information content (AvgIpc) is 2.72. The van der Waals surface area contributed by atoms with Crippen LogP contribution < -0.4 is 10.6 Å². The van der Waals surface area contributed by atoms with E-state index in [0.717, 1.165) is 58.1 Å². The third-order valence-corrected chi connectivity index (χ3v) is 7.61. The molecule has 0 bridgehead atoms. The zero-order valence-electron chi connectivity index (χ0n) is 17.8. The largest absolute Gasteiger partial charge is 0.383 e. The van der Waals surface area contributed by atoms with Crippen molar-refractivity contribution in [3.8, 4) is 0 Å². The van der Waals surface area contributed by atoms with Crippen molar-refractivity contribution in [2.24, 2.45) is 10.9 Å². The van der Waals surface area contributed by atoms with E-state index in [4.69, 9.17) is 9.73 Å². The predicted molar refractivity (Wildman–Crippen MR) is 114 cm³/mol. The Balaban J connectivity index is 1.77. The van der Waals surface area contributed by atoms with Crippen molar-refractivity contribution in [1.29, 1.82) is 0 Å². The number of hydrogen-bond donors (Lipinski definition) is 2. The molecule has 0 spiro atoms. The highest BCUT2D eigenvalue weighted by Gasteiger charge is 2.27. The van der Waals surface area contributed by atoms with E-state index in [1.807, 2.05) is 0 Å². The molecule has 8 nitrogen and oxygen atoms in total. The molecule has 9 heteroatoms. The summed E-state index contributed by atoms with van der Waals surface area (Å²) in [4.78, 5) is 7.29. The molecule has 0 aliphatic carbocycles. The molecule has 0 saturated carbocycles. The third-order valence-electron chi connectivity index (χ3n) is 5.72. The molecule has 2 fully saturated rings. The van der Waals surface area contributed by atoms with Gasteiger partial charge in [-0.2, -0.15) is 0 Å². The van der Waals surface area contributed by atoms with Gasteiger partial charge in [-0.05, 0) is 58.5 Å². The topological polar surface area (TPSA) is 86.3 Å². The van der Waals surface area contributed by atoms with Gasteiger partial charge in [0.25, 0.3) is 0 Å². The van der Waals surface area contributed by atoms with Crippen molar-refractivity contribution in [2.45, 2.75) is 45.6 Å². The number of guanidine groups is 1. The van der Waals surface area contributed by atoms with Crippen LogP contribution in [0, 0.1) is 5.92 Å². The molecule has 0 aromatic heterocycles. The Kier molecular flexibility index (Phi) is 9.98. The Labute approximate surface area is 171 Å². The minimum Gasteiger partial charge on any atom is -0.383 e. The molecule has 164 valence electrons. The summed E-state index contributed by atoms with van der Waals surface area (Å²) in [5, 5.41) is 6.85. The predicted octanol–water partition coefficient (Wildman–Crippen LogP) is 0.714. The minimum atomic E-state index is -3.07. The fourth-order valence-electron chi connectivity index (χ4n) is 3.81. The summed E-state index contributed by atoms with van der Waals surface area (Å²) in [5.41, 5.74) is 0. The molecule has 2 aliphatic rings. The van der Waals surface area contributed by atoms with Crippen LogP contribution in [0.1, 0.15) is 39.5 Å². The summed E-state index contributed by atoms with van der Waals surface area (Å²) in [6.07, 6.45) is 4.00. The highest BCUT2D eigenvalue weighted by Crippen LogP contribution is 2.18. The van der Waals surface area contributed by atoms with Gasteiger partial charge in [-0.1, -0.05) is 0 Å². The monoisotopic (exact) mass is 417 g/mol. The van der Waals surface area contributed by atoms with Gasteiger partial charge in [0.05, 0.1) is 12.4 Å². The number of aliphatic imine (C=N–C) groups is 1. The van der Waals surface area contributed by atoms with Gasteiger partial charge < -0.3 is 20.3 Å². The lowest BCUT2D eigenvalue weighted by Gasteiger charge is -2.33. The summed E-state index contributed by atoms with van der Waals surface area (Å²) in [5.74, 6) is 1.67. The number of likely N-dealkylation sites (tertiary alicyclic amines) is 1. The summed E-state index contributed by atoms with van der Waals surface area (Å²) in [6.45, 7) is 10.7. The smallest absolute Gasteiger partial charge is 0.213 e. The van der Waals surface area contributed by atoms with Gasteiger partial charge in [-0.25, -0.2) is 12.7 Å².